The van der Waals surface area contributed by atoms with Crippen molar-refractivity contribution in [2.45, 2.75) is 31.2 Å². The number of amides is 1. The van der Waals surface area contributed by atoms with E-state index in [1.165, 1.54) is 6.07 Å². The zero-order valence-corrected chi connectivity index (χ0v) is 10.8. The van der Waals surface area contributed by atoms with Crippen molar-refractivity contribution in [3.63, 3.8) is 0 Å². The molecule has 17 heavy (non-hydrogen) atoms. The number of hydrogen-bond acceptors (Lipinski definition) is 2. The van der Waals surface area contributed by atoms with Gasteiger partial charge in [-0.3, -0.25) is 4.79 Å². The number of nitrogen functional groups attached to an aromatic ring is 1. The predicted molar refractivity (Wildman–Crippen MR) is 67.2 cm³/mol. The molecule has 1 amide bonds. The number of anilines is 2. The van der Waals surface area contributed by atoms with E-state index < -0.39 is 5.82 Å². The van der Waals surface area contributed by atoms with Gasteiger partial charge in [-0.1, -0.05) is 15.9 Å². The molecule has 1 spiro atoms. The lowest BCUT2D eigenvalue weighted by Crippen LogP contribution is -2.35. The Morgan fingerprint density at radius 1 is 1.35 bits per heavy atom. The third-order valence-corrected chi connectivity index (χ3v) is 4.13. The van der Waals surface area contributed by atoms with Crippen molar-refractivity contribution in [3.05, 3.63) is 22.4 Å². The van der Waals surface area contributed by atoms with Crippen LogP contribution >= 0.6 is 15.9 Å². The summed E-state index contributed by atoms with van der Waals surface area (Å²) in [4.78, 5) is 13.6. The van der Waals surface area contributed by atoms with E-state index in [0.717, 1.165) is 19.3 Å². The average Bonchev–Trinajstić information content (AvgIpc) is 2.96. The summed E-state index contributed by atoms with van der Waals surface area (Å²) in [7, 11) is 0. The first-order valence-electron chi connectivity index (χ1n) is 5.61. The van der Waals surface area contributed by atoms with Gasteiger partial charge < -0.3 is 10.6 Å². The quantitative estimate of drug-likeness (QED) is 0.811. The summed E-state index contributed by atoms with van der Waals surface area (Å²) < 4.78 is 14.2. The summed E-state index contributed by atoms with van der Waals surface area (Å²) in [5.74, 6) is -0.434. The van der Waals surface area contributed by atoms with Gasteiger partial charge >= 0.3 is 0 Å². The SMILES string of the molecule is Nc1c(F)cc(Br)cc1N1C(=O)CCC12CC2. The maximum Gasteiger partial charge on any atom is 0.227 e. The minimum absolute atomic E-state index is 0.0479. The summed E-state index contributed by atoms with van der Waals surface area (Å²) in [5.41, 5.74) is 6.26. The molecule has 0 aromatic heterocycles. The van der Waals surface area contributed by atoms with Gasteiger partial charge in [0.15, 0.2) is 0 Å². The van der Waals surface area contributed by atoms with Gasteiger partial charge in [-0.05, 0) is 31.4 Å². The highest BCUT2D eigenvalue weighted by Gasteiger charge is 2.55. The first-order chi connectivity index (χ1) is 8.03. The Balaban J connectivity index is 2.12. The molecule has 1 saturated carbocycles. The zero-order valence-electron chi connectivity index (χ0n) is 9.17. The lowest BCUT2D eigenvalue weighted by Gasteiger charge is -2.26. The van der Waals surface area contributed by atoms with Crippen LogP contribution in [0.25, 0.3) is 0 Å². The van der Waals surface area contributed by atoms with Crippen molar-refractivity contribution in [1.82, 2.24) is 0 Å². The van der Waals surface area contributed by atoms with Crippen molar-refractivity contribution < 1.29 is 9.18 Å². The van der Waals surface area contributed by atoms with Crippen LogP contribution in [0.1, 0.15) is 25.7 Å². The Bertz CT molecular complexity index is 513. The number of nitrogens with two attached hydrogens (primary N) is 1. The molecule has 0 radical (unpaired) electrons. The molecule has 1 saturated heterocycles. The molecular weight excluding hydrogens is 287 g/mol. The second-order valence-electron chi connectivity index (χ2n) is 4.77. The minimum Gasteiger partial charge on any atom is -0.395 e. The van der Waals surface area contributed by atoms with E-state index >= 15 is 0 Å². The molecule has 2 N–H and O–H groups in total. The van der Waals surface area contributed by atoms with Gasteiger partial charge in [-0.2, -0.15) is 0 Å². The van der Waals surface area contributed by atoms with Crippen molar-refractivity contribution in [3.8, 4) is 0 Å². The topological polar surface area (TPSA) is 46.3 Å². The van der Waals surface area contributed by atoms with Gasteiger partial charge in [0.05, 0.1) is 11.4 Å². The Kier molecular flexibility index (Phi) is 2.23. The summed E-state index contributed by atoms with van der Waals surface area (Å²) in [6.45, 7) is 0. The molecule has 1 aromatic carbocycles. The van der Waals surface area contributed by atoms with Crippen LogP contribution in [0, 0.1) is 5.82 Å². The number of hydrogen-bond donors (Lipinski definition) is 1. The molecule has 3 nitrogen and oxygen atoms in total. The van der Waals surface area contributed by atoms with E-state index in [-0.39, 0.29) is 17.1 Å². The van der Waals surface area contributed by atoms with Gasteiger partial charge in [0.25, 0.3) is 0 Å². The molecule has 0 atom stereocenters. The summed E-state index contributed by atoms with van der Waals surface area (Å²) in [5, 5.41) is 0. The molecule has 1 aliphatic heterocycles. The molecule has 5 heteroatoms. The Labute approximate surface area is 107 Å². The molecular formula is C12H12BrFN2O. The fourth-order valence-electron chi connectivity index (χ4n) is 2.59. The molecule has 1 aromatic rings. The van der Waals surface area contributed by atoms with E-state index in [1.54, 1.807) is 11.0 Å². The van der Waals surface area contributed by atoms with Crippen LogP contribution in [-0.2, 0) is 4.79 Å². The number of carbonyl (C=O) groups excluding carboxylic acids is 1. The lowest BCUT2D eigenvalue weighted by molar-refractivity contribution is -0.117. The summed E-state index contributed by atoms with van der Waals surface area (Å²) in [6.07, 6.45) is 3.38. The maximum absolute atomic E-state index is 13.6. The number of halogens is 2. The average molecular weight is 299 g/mol. The number of carbonyl (C=O) groups is 1. The smallest absolute Gasteiger partial charge is 0.227 e. The maximum atomic E-state index is 13.6. The molecule has 3 rings (SSSR count). The van der Waals surface area contributed by atoms with Crippen LogP contribution in [0.15, 0.2) is 16.6 Å². The second kappa shape index (κ2) is 3.45. The molecule has 1 aliphatic carbocycles. The number of benzene rings is 1. The Morgan fingerprint density at radius 3 is 2.71 bits per heavy atom. The van der Waals surface area contributed by atoms with Gasteiger partial charge in [-0.15, -0.1) is 0 Å². The standard InChI is InChI=1S/C12H12BrFN2O/c13-7-5-8(14)11(15)9(6-7)16-10(17)1-2-12(16)3-4-12/h5-6H,1-4,15H2. The fraction of sp³-hybridized carbons (Fsp3) is 0.417. The number of rotatable bonds is 1. The number of nitrogens with zero attached hydrogens (tertiary/aromatic N) is 1. The van der Waals surface area contributed by atoms with Gasteiger partial charge in [0.2, 0.25) is 5.91 Å². The molecule has 0 unspecified atom stereocenters. The largest absolute Gasteiger partial charge is 0.395 e. The normalized spacial score (nSPS) is 21.3. The molecule has 2 aliphatic rings. The summed E-state index contributed by atoms with van der Waals surface area (Å²) in [6, 6.07) is 3.04. The van der Waals surface area contributed by atoms with Gasteiger partial charge in [-0.25, -0.2) is 4.39 Å². The van der Waals surface area contributed by atoms with E-state index in [0.29, 0.717) is 16.6 Å². The van der Waals surface area contributed by atoms with Gasteiger partial charge in [0, 0.05) is 16.4 Å². The second-order valence-corrected chi connectivity index (χ2v) is 5.69. The van der Waals surface area contributed by atoms with Crippen molar-refractivity contribution >= 4 is 33.2 Å². The Morgan fingerprint density at radius 2 is 2.06 bits per heavy atom. The third-order valence-electron chi connectivity index (χ3n) is 3.67. The van der Waals surface area contributed by atoms with Crippen LogP contribution in [0.2, 0.25) is 0 Å². The monoisotopic (exact) mass is 298 g/mol. The van der Waals surface area contributed by atoms with Crippen molar-refractivity contribution in [2.24, 2.45) is 0 Å². The highest BCUT2D eigenvalue weighted by atomic mass is 79.9. The van der Waals surface area contributed by atoms with Crippen molar-refractivity contribution in [2.75, 3.05) is 10.6 Å². The first-order valence-corrected chi connectivity index (χ1v) is 6.40. The van der Waals surface area contributed by atoms with E-state index in [9.17, 15) is 9.18 Å². The van der Waals surface area contributed by atoms with Crippen molar-refractivity contribution in [1.29, 1.82) is 0 Å². The zero-order chi connectivity index (χ0) is 12.2. The fourth-order valence-corrected chi connectivity index (χ4v) is 3.01. The summed E-state index contributed by atoms with van der Waals surface area (Å²) >= 11 is 3.24. The first kappa shape index (κ1) is 11.0. The van der Waals surface area contributed by atoms with Crippen LogP contribution in [0.4, 0.5) is 15.8 Å². The van der Waals surface area contributed by atoms with Crippen LogP contribution < -0.4 is 10.6 Å². The predicted octanol–water partition coefficient (Wildman–Crippen LogP) is 2.83. The molecule has 90 valence electrons. The lowest BCUT2D eigenvalue weighted by atomic mass is 10.1. The van der Waals surface area contributed by atoms with Crippen LogP contribution in [0.3, 0.4) is 0 Å². The highest BCUT2D eigenvalue weighted by molar-refractivity contribution is 9.10. The Hall–Kier alpha value is -1.10. The van der Waals surface area contributed by atoms with E-state index in [4.69, 9.17) is 5.73 Å². The van der Waals surface area contributed by atoms with E-state index in [2.05, 4.69) is 15.9 Å². The highest BCUT2D eigenvalue weighted by Crippen LogP contribution is 2.53. The third kappa shape index (κ3) is 1.56. The molecule has 2 fully saturated rings. The molecule has 0 bridgehead atoms. The van der Waals surface area contributed by atoms with Crippen LogP contribution in [0.5, 0.6) is 0 Å². The van der Waals surface area contributed by atoms with E-state index in [1.807, 2.05) is 0 Å². The van der Waals surface area contributed by atoms with Crippen LogP contribution in [-0.4, -0.2) is 11.4 Å². The molecule has 1 heterocycles. The van der Waals surface area contributed by atoms with Gasteiger partial charge in [0.1, 0.15) is 5.82 Å². The minimum atomic E-state index is -0.482.